The van der Waals surface area contributed by atoms with E-state index in [1.165, 1.54) is 0 Å². The van der Waals surface area contributed by atoms with Gasteiger partial charge in [0.2, 0.25) is 5.88 Å². The van der Waals surface area contributed by atoms with Gasteiger partial charge in [-0.3, -0.25) is 10.3 Å². The van der Waals surface area contributed by atoms with Crippen LogP contribution in [0.2, 0.25) is 0 Å². The molecule has 1 fully saturated rings. The zero-order valence-corrected chi connectivity index (χ0v) is 18.7. The lowest BCUT2D eigenvalue weighted by Gasteiger charge is -2.29. The van der Waals surface area contributed by atoms with Crippen molar-refractivity contribution in [2.75, 3.05) is 40.0 Å². The average molecular weight is 449 g/mol. The fourth-order valence-electron chi connectivity index (χ4n) is 4.64. The molecule has 2 aromatic carbocycles. The van der Waals surface area contributed by atoms with Crippen LogP contribution in [-0.4, -0.2) is 59.5 Å². The Bertz CT molecular complexity index is 1200. The highest BCUT2D eigenvalue weighted by molar-refractivity contribution is 5.59. The Hall–Kier alpha value is -3.36. The summed E-state index contributed by atoms with van der Waals surface area (Å²) >= 11 is 0. The molecule has 0 radical (unpaired) electrons. The molecule has 0 aliphatic carbocycles. The van der Waals surface area contributed by atoms with Crippen molar-refractivity contribution >= 4 is 0 Å². The smallest absolute Gasteiger partial charge is 0.228 e. The van der Waals surface area contributed by atoms with E-state index in [-0.39, 0.29) is 11.7 Å². The molecule has 0 bridgehead atoms. The van der Waals surface area contributed by atoms with Crippen LogP contribution in [0.1, 0.15) is 29.0 Å². The Morgan fingerprint density at radius 1 is 1.12 bits per heavy atom. The monoisotopic (exact) mass is 448 g/mol. The molecular formula is C25H28N4O4. The van der Waals surface area contributed by atoms with E-state index >= 15 is 0 Å². The summed E-state index contributed by atoms with van der Waals surface area (Å²) in [5.74, 6) is 1.48. The first-order valence-electron chi connectivity index (χ1n) is 11.2. The summed E-state index contributed by atoms with van der Waals surface area (Å²) in [5, 5.41) is 19.1. The summed E-state index contributed by atoms with van der Waals surface area (Å²) in [6.45, 7) is 5.12. The van der Waals surface area contributed by atoms with E-state index in [0.717, 1.165) is 56.1 Å². The minimum Gasteiger partial charge on any atom is -0.508 e. The van der Waals surface area contributed by atoms with Crippen molar-refractivity contribution in [3.63, 3.8) is 0 Å². The number of aromatic nitrogens is 2. The Kier molecular flexibility index (Phi) is 6.02. The number of rotatable bonds is 6. The average Bonchev–Trinajstić information content (AvgIpc) is 2.84. The SMILES string of the molecule is COc1ccccc1[C@H]1c2ccc(O)cc2Oc2ncn(CCCN3CCOCC3)c(=N)c21. The molecule has 33 heavy (non-hydrogen) atoms. The third-order valence-electron chi connectivity index (χ3n) is 6.32. The van der Waals surface area contributed by atoms with Gasteiger partial charge in [0.25, 0.3) is 0 Å². The Labute approximate surface area is 192 Å². The lowest BCUT2D eigenvalue weighted by Crippen LogP contribution is -2.37. The largest absolute Gasteiger partial charge is 0.508 e. The molecule has 1 atom stereocenters. The summed E-state index contributed by atoms with van der Waals surface area (Å²) in [6, 6.07) is 12.9. The molecule has 5 rings (SSSR count). The van der Waals surface area contributed by atoms with Gasteiger partial charge in [-0.25, -0.2) is 4.98 Å². The number of phenolic OH excluding ortho intramolecular Hbond substituents is 1. The van der Waals surface area contributed by atoms with Gasteiger partial charge in [-0.05, 0) is 18.6 Å². The molecule has 1 aromatic heterocycles. The maximum absolute atomic E-state index is 10.0. The van der Waals surface area contributed by atoms with Gasteiger partial charge in [0.05, 0.1) is 31.8 Å². The van der Waals surface area contributed by atoms with Crippen LogP contribution in [0.5, 0.6) is 23.1 Å². The molecule has 0 amide bonds. The highest BCUT2D eigenvalue weighted by Crippen LogP contribution is 2.47. The van der Waals surface area contributed by atoms with Crippen molar-refractivity contribution in [3.05, 3.63) is 71.0 Å². The number of nitrogens with zero attached hydrogens (tertiary/aromatic N) is 3. The molecule has 0 saturated carbocycles. The van der Waals surface area contributed by atoms with Crippen LogP contribution in [0.3, 0.4) is 0 Å². The number of aromatic hydroxyl groups is 1. The van der Waals surface area contributed by atoms with Gasteiger partial charge in [-0.15, -0.1) is 0 Å². The molecule has 1 saturated heterocycles. The van der Waals surface area contributed by atoms with Crippen molar-refractivity contribution in [2.45, 2.75) is 18.9 Å². The minimum atomic E-state index is -0.299. The predicted octanol–water partition coefficient (Wildman–Crippen LogP) is 3.08. The number of benzene rings is 2. The topological polar surface area (TPSA) is 92.8 Å². The summed E-state index contributed by atoms with van der Waals surface area (Å²) in [6.07, 6.45) is 2.59. The van der Waals surface area contributed by atoms with Crippen LogP contribution in [0.25, 0.3) is 0 Å². The second-order valence-corrected chi connectivity index (χ2v) is 8.31. The standard InChI is InChI=1S/C25H28N4O4/c1-31-20-6-3-2-5-18(20)22-19-8-7-17(30)15-21(19)33-25-23(22)24(26)29(16-27-25)10-4-9-28-11-13-32-14-12-28/h2-3,5-8,15-16,22,26,30H,4,9-14H2,1H3/t22-/m0/s1. The number of morpholine rings is 1. The van der Waals surface area contributed by atoms with Gasteiger partial charge in [0, 0.05) is 43.4 Å². The highest BCUT2D eigenvalue weighted by Gasteiger charge is 2.33. The lowest BCUT2D eigenvalue weighted by atomic mass is 9.83. The number of aryl methyl sites for hydroxylation is 1. The first-order valence-corrected chi connectivity index (χ1v) is 11.2. The molecule has 3 heterocycles. The molecule has 2 N–H and O–H groups in total. The van der Waals surface area contributed by atoms with E-state index in [9.17, 15) is 5.11 Å². The van der Waals surface area contributed by atoms with Crippen LogP contribution in [0.4, 0.5) is 0 Å². The van der Waals surface area contributed by atoms with Crippen LogP contribution in [0.15, 0.2) is 48.8 Å². The number of hydrogen-bond donors (Lipinski definition) is 2. The minimum absolute atomic E-state index is 0.121. The second kappa shape index (κ2) is 9.25. The third kappa shape index (κ3) is 4.19. The number of ether oxygens (including phenoxy) is 3. The zero-order chi connectivity index (χ0) is 22.8. The zero-order valence-electron chi connectivity index (χ0n) is 18.7. The van der Waals surface area contributed by atoms with E-state index in [1.807, 2.05) is 34.9 Å². The molecule has 2 aliphatic rings. The van der Waals surface area contributed by atoms with Gasteiger partial charge >= 0.3 is 0 Å². The van der Waals surface area contributed by atoms with Gasteiger partial charge in [0.15, 0.2) is 0 Å². The maximum Gasteiger partial charge on any atom is 0.228 e. The van der Waals surface area contributed by atoms with Gasteiger partial charge in [-0.2, -0.15) is 0 Å². The van der Waals surface area contributed by atoms with Gasteiger partial charge in [-0.1, -0.05) is 24.3 Å². The molecule has 8 nitrogen and oxygen atoms in total. The van der Waals surface area contributed by atoms with Crippen LogP contribution < -0.4 is 15.0 Å². The van der Waals surface area contributed by atoms with E-state index in [0.29, 0.717) is 29.2 Å². The van der Waals surface area contributed by atoms with Crippen molar-refractivity contribution in [1.82, 2.24) is 14.5 Å². The van der Waals surface area contributed by atoms with Crippen LogP contribution >= 0.6 is 0 Å². The summed E-state index contributed by atoms with van der Waals surface area (Å²) in [7, 11) is 1.65. The van der Waals surface area contributed by atoms with Crippen LogP contribution in [-0.2, 0) is 11.3 Å². The van der Waals surface area contributed by atoms with E-state index < -0.39 is 0 Å². The summed E-state index contributed by atoms with van der Waals surface area (Å²) in [4.78, 5) is 6.96. The lowest BCUT2D eigenvalue weighted by molar-refractivity contribution is 0.0369. The quantitative estimate of drug-likeness (QED) is 0.471. The summed E-state index contributed by atoms with van der Waals surface area (Å²) in [5.41, 5.74) is 2.87. The number of para-hydroxylation sites is 1. The maximum atomic E-state index is 10.0. The summed E-state index contributed by atoms with van der Waals surface area (Å²) < 4.78 is 19.0. The number of phenols is 1. The number of methoxy groups -OCH3 is 1. The van der Waals surface area contributed by atoms with Crippen molar-refractivity contribution in [2.24, 2.45) is 0 Å². The van der Waals surface area contributed by atoms with Crippen molar-refractivity contribution in [3.8, 4) is 23.1 Å². The number of fused-ring (bicyclic) bond motifs is 2. The van der Waals surface area contributed by atoms with Crippen molar-refractivity contribution in [1.29, 1.82) is 5.41 Å². The fraction of sp³-hybridized carbons (Fsp3) is 0.360. The number of nitrogens with one attached hydrogen (secondary N) is 1. The molecule has 3 aromatic rings. The molecular weight excluding hydrogens is 420 g/mol. The van der Waals surface area contributed by atoms with Gasteiger partial charge in [0.1, 0.15) is 29.1 Å². The number of hydrogen-bond acceptors (Lipinski definition) is 7. The molecule has 0 spiro atoms. The normalized spacial score (nSPS) is 17.7. The third-order valence-corrected chi connectivity index (χ3v) is 6.32. The fourth-order valence-corrected chi connectivity index (χ4v) is 4.64. The first-order chi connectivity index (χ1) is 16.2. The molecule has 172 valence electrons. The first kappa shape index (κ1) is 21.5. The van der Waals surface area contributed by atoms with E-state index in [2.05, 4.69) is 9.88 Å². The second-order valence-electron chi connectivity index (χ2n) is 8.31. The molecule has 2 aliphatic heterocycles. The highest BCUT2D eigenvalue weighted by atomic mass is 16.5. The molecule has 8 heteroatoms. The van der Waals surface area contributed by atoms with Gasteiger partial charge < -0.3 is 23.9 Å². The predicted molar refractivity (Wildman–Crippen MR) is 122 cm³/mol. The van der Waals surface area contributed by atoms with E-state index in [4.69, 9.17) is 19.6 Å². The Morgan fingerprint density at radius 3 is 2.76 bits per heavy atom. The Morgan fingerprint density at radius 2 is 1.94 bits per heavy atom. The van der Waals surface area contributed by atoms with E-state index in [1.54, 1.807) is 25.6 Å². The molecule has 0 unspecified atom stereocenters. The Balaban J connectivity index is 1.53. The van der Waals surface area contributed by atoms with Crippen molar-refractivity contribution < 1.29 is 19.3 Å². The van der Waals surface area contributed by atoms with Crippen LogP contribution in [0, 0.1) is 5.41 Å².